The molecule has 1 amide bonds. The summed E-state index contributed by atoms with van der Waals surface area (Å²) in [5, 5.41) is 22.8. The molecule has 1 aliphatic rings. The number of hydrogen-bond donors (Lipinski definition) is 2. The third-order valence-electron chi connectivity index (χ3n) is 4.08. The van der Waals surface area contributed by atoms with Crippen molar-refractivity contribution in [1.29, 1.82) is 0 Å². The molecule has 2 aromatic rings. The van der Waals surface area contributed by atoms with Crippen LogP contribution in [0.5, 0.6) is 5.75 Å². The van der Waals surface area contributed by atoms with Crippen LogP contribution in [0.15, 0.2) is 24.4 Å². The zero-order valence-electron chi connectivity index (χ0n) is 12.7. The number of benzene rings is 1. The maximum atomic E-state index is 12.8. The van der Waals surface area contributed by atoms with Crippen LogP contribution < -0.4 is 0 Å². The van der Waals surface area contributed by atoms with Crippen molar-refractivity contribution in [3.05, 3.63) is 46.8 Å². The number of aromatic carboxylic acids is 1. The molecule has 0 fully saturated rings. The number of carboxylic acids is 1. The Morgan fingerprint density at radius 2 is 2.04 bits per heavy atom. The maximum Gasteiger partial charge on any atom is 0.339 e. The Morgan fingerprint density at radius 1 is 1.26 bits per heavy atom. The van der Waals surface area contributed by atoms with Gasteiger partial charge in [-0.2, -0.15) is 5.10 Å². The quantitative estimate of drug-likeness (QED) is 0.873. The second-order valence-corrected chi connectivity index (χ2v) is 5.62. The average molecular weight is 315 g/mol. The van der Waals surface area contributed by atoms with Crippen LogP contribution in [0.25, 0.3) is 0 Å². The maximum absolute atomic E-state index is 12.8. The van der Waals surface area contributed by atoms with E-state index in [1.807, 2.05) is 6.07 Å². The molecule has 0 spiro atoms. The third-order valence-corrected chi connectivity index (χ3v) is 4.08. The van der Waals surface area contributed by atoms with Crippen molar-refractivity contribution >= 4 is 11.9 Å². The fraction of sp³-hybridized carbons (Fsp3) is 0.312. The molecule has 120 valence electrons. The molecule has 1 aromatic carbocycles. The largest absolute Gasteiger partial charge is 0.508 e. The van der Waals surface area contributed by atoms with E-state index in [0.717, 1.165) is 24.0 Å². The molecule has 0 aliphatic carbocycles. The fourth-order valence-electron chi connectivity index (χ4n) is 2.92. The number of carbonyl (C=O) groups excluding carboxylic acids is 1. The van der Waals surface area contributed by atoms with E-state index in [2.05, 4.69) is 5.10 Å². The Hall–Kier alpha value is -2.83. The van der Waals surface area contributed by atoms with Crippen molar-refractivity contribution in [3.63, 3.8) is 0 Å². The van der Waals surface area contributed by atoms with Gasteiger partial charge in [0.25, 0.3) is 5.91 Å². The van der Waals surface area contributed by atoms with Gasteiger partial charge in [-0.25, -0.2) is 4.79 Å². The van der Waals surface area contributed by atoms with Gasteiger partial charge in [-0.05, 0) is 36.1 Å². The first-order valence-electron chi connectivity index (χ1n) is 7.32. The van der Waals surface area contributed by atoms with Crippen molar-refractivity contribution in [3.8, 4) is 5.75 Å². The van der Waals surface area contributed by atoms with Crippen molar-refractivity contribution < 1.29 is 19.8 Å². The summed E-state index contributed by atoms with van der Waals surface area (Å²) >= 11 is 0. The monoisotopic (exact) mass is 315 g/mol. The van der Waals surface area contributed by atoms with Gasteiger partial charge in [-0.3, -0.25) is 9.48 Å². The van der Waals surface area contributed by atoms with E-state index in [1.54, 1.807) is 24.1 Å². The van der Waals surface area contributed by atoms with Crippen molar-refractivity contribution in [2.24, 2.45) is 7.05 Å². The number of aromatic hydroxyl groups is 1. The smallest absolute Gasteiger partial charge is 0.339 e. The first-order valence-corrected chi connectivity index (χ1v) is 7.32. The Labute approximate surface area is 132 Å². The SMILES string of the molecule is Cn1ncc(C(=O)O)c1C(=O)N1CCCc2ccc(O)cc2C1. The Bertz CT molecular complexity index is 782. The van der Waals surface area contributed by atoms with Gasteiger partial charge in [0.2, 0.25) is 0 Å². The summed E-state index contributed by atoms with van der Waals surface area (Å²) in [6.07, 6.45) is 2.79. The Morgan fingerprint density at radius 3 is 2.78 bits per heavy atom. The highest BCUT2D eigenvalue weighted by atomic mass is 16.4. The molecule has 0 bridgehead atoms. The molecule has 0 saturated heterocycles. The van der Waals surface area contributed by atoms with Gasteiger partial charge in [0.05, 0.1) is 6.20 Å². The summed E-state index contributed by atoms with van der Waals surface area (Å²) in [6, 6.07) is 5.16. The normalized spacial score (nSPS) is 14.2. The number of phenolic OH excluding ortho intramolecular Hbond substituents is 1. The molecule has 0 atom stereocenters. The molecule has 3 rings (SSSR count). The topological polar surface area (TPSA) is 95.7 Å². The molecule has 1 aromatic heterocycles. The Kier molecular flexibility index (Phi) is 3.77. The lowest BCUT2D eigenvalue weighted by molar-refractivity contribution is 0.0669. The van der Waals surface area contributed by atoms with E-state index in [1.165, 1.54) is 10.9 Å². The van der Waals surface area contributed by atoms with Crippen LogP contribution in [0.1, 0.15) is 38.4 Å². The molecule has 23 heavy (non-hydrogen) atoms. The lowest BCUT2D eigenvalue weighted by atomic mass is 10.0. The number of aryl methyl sites for hydroxylation is 2. The number of carboxylic acid groups (broad SMARTS) is 1. The first kappa shape index (κ1) is 15.1. The number of fused-ring (bicyclic) bond motifs is 1. The number of carbonyl (C=O) groups is 2. The number of rotatable bonds is 2. The van der Waals surface area contributed by atoms with E-state index in [0.29, 0.717) is 13.1 Å². The van der Waals surface area contributed by atoms with Crippen LogP contribution in [0.3, 0.4) is 0 Å². The summed E-state index contributed by atoms with van der Waals surface area (Å²) in [6.45, 7) is 0.866. The van der Waals surface area contributed by atoms with Crippen molar-refractivity contribution in [2.45, 2.75) is 19.4 Å². The molecule has 7 heteroatoms. The fourth-order valence-corrected chi connectivity index (χ4v) is 2.92. The highest BCUT2D eigenvalue weighted by molar-refractivity contribution is 6.03. The Balaban J connectivity index is 1.94. The van der Waals surface area contributed by atoms with Gasteiger partial charge in [-0.15, -0.1) is 0 Å². The van der Waals surface area contributed by atoms with Crippen molar-refractivity contribution in [1.82, 2.24) is 14.7 Å². The molecule has 0 radical (unpaired) electrons. The highest BCUT2D eigenvalue weighted by Gasteiger charge is 2.27. The summed E-state index contributed by atoms with van der Waals surface area (Å²) in [5.41, 5.74) is 1.95. The van der Waals surface area contributed by atoms with Gasteiger partial charge in [0.15, 0.2) is 0 Å². The number of hydrogen-bond acceptors (Lipinski definition) is 4. The summed E-state index contributed by atoms with van der Waals surface area (Å²) in [5.74, 6) is -1.38. The number of aromatic nitrogens is 2. The lowest BCUT2D eigenvalue weighted by Crippen LogP contribution is -2.33. The number of phenols is 1. The van der Waals surface area contributed by atoms with E-state index >= 15 is 0 Å². The molecular formula is C16H17N3O4. The van der Waals surface area contributed by atoms with Crippen LogP contribution in [0, 0.1) is 0 Å². The van der Waals surface area contributed by atoms with Crippen LogP contribution in [-0.4, -0.2) is 43.3 Å². The zero-order valence-corrected chi connectivity index (χ0v) is 12.7. The lowest BCUT2D eigenvalue weighted by Gasteiger charge is -2.21. The molecule has 0 saturated carbocycles. The van der Waals surface area contributed by atoms with E-state index in [4.69, 9.17) is 0 Å². The minimum atomic E-state index is -1.17. The van der Waals surface area contributed by atoms with Crippen LogP contribution in [-0.2, 0) is 20.0 Å². The summed E-state index contributed by atoms with van der Waals surface area (Å²) < 4.78 is 1.29. The van der Waals surface area contributed by atoms with E-state index in [9.17, 15) is 19.8 Å². The predicted octanol–water partition coefficient (Wildman–Crippen LogP) is 1.41. The standard InChI is InChI=1S/C16H17N3O4/c1-18-14(13(8-17-18)16(22)23)15(21)19-6-2-3-10-4-5-12(20)7-11(10)9-19/h4-5,7-8,20H,2-3,6,9H2,1H3,(H,22,23). The molecule has 7 nitrogen and oxygen atoms in total. The second-order valence-electron chi connectivity index (χ2n) is 5.62. The molecule has 2 N–H and O–H groups in total. The average Bonchev–Trinajstić information content (AvgIpc) is 2.76. The van der Waals surface area contributed by atoms with Gasteiger partial charge >= 0.3 is 5.97 Å². The van der Waals surface area contributed by atoms with Gasteiger partial charge < -0.3 is 15.1 Å². The molecule has 1 aliphatic heterocycles. The van der Waals surface area contributed by atoms with Crippen LogP contribution in [0.2, 0.25) is 0 Å². The van der Waals surface area contributed by atoms with E-state index < -0.39 is 5.97 Å². The minimum absolute atomic E-state index is 0.0705. The minimum Gasteiger partial charge on any atom is -0.508 e. The summed E-state index contributed by atoms with van der Waals surface area (Å²) in [7, 11) is 1.55. The van der Waals surface area contributed by atoms with Gasteiger partial charge in [0.1, 0.15) is 17.0 Å². The zero-order chi connectivity index (χ0) is 16.6. The first-order chi connectivity index (χ1) is 11.0. The van der Waals surface area contributed by atoms with Gasteiger partial charge in [0, 0.05) is 20.1 Å². The predicted molar refractivity (Wildman–Crippen MR) is 81.3 cm³/mol. The molecule has 0 unspecified atom stereocenters. The molecular weight excluding hydrogens is 298 g/mol. The highest BCUT2D eigenvalue weighted by Crippen LogP contribution is 2.24. The van der Waals surface area contributed by atoms with Crippen LogP contribution >= 0.6 is 0 Å². The number of nitrogens with zero attached hydrogens (tertiary/aromatic N) is 3. The van der Waals surface area contributed by atoms with E-state index in [-0.39, 0.29) is 22.9 Å². The van der Waals surface area contributed by atoms with Crippen LogP contribution in [0.4, 0.5) is 0 Å². The number of amides is 1. The van der Waals surface area contributed by atoms with Gasteiger partial charge in [-0.1, -0.05) is 6.07 Å². The van der Waals surface area contributed by atoms with Crippen molar-refractivity contribution in [2.75, 3.05) is 6.54 Å². The molecule has 2 heterocycles. The third kappa shape index (κ3) is 2.77. The summed E-state index contributed by atoms with van der Waals surface area (Å²) in [4.78, 5) is 25.7. The second kappa shape index (κ2) is 5.75.